The molecule has 0 atom stereocenters. The molecule has 0 spiro atoms. The van der Waals surface area contributed by atoms with Crippen molar-refractivity contribution in [3.05, 3.63) is 0 Å². The normalized spacial score (nSPS) is 16.3. The van der Waals surface area contributed by atoms with Crippen LogP contribution in [0.2, 0.25) is 0 Å². The van der Waals surface area contributed by atoms with E-state index >= 15 is 0 Å². The summed E-state index contributed by atoms with van der Waals surface area (Å²) in [6, 6.07) is 0. The highest BCUT2D eigenvalue weighted by Gasteiger charge is 2.16. The maximum atomic E-state index is 12.3. The van der Waals surface area contributed by atoms with E-state index in [1.54, 1.807) is 23.1 Å². The van der Waals surface area contributed by atoms with Gasteiger partial charge in [-0.15, -0.1) is 10.2 Å². The second-order valence-corrected chi connectivity index (χ2v) is 9.02. The number of carbonyl (C=O) groups is 1. The summed E-state index contributed by atoms with van der Waals surface area (Å²) in [5.41, 5.74) is 0. The Bertz CT molecular complexity index is 445. The van der Waals surface area contributed by atoms with Gasteiger partial charge < -0.3 is 4.90 Å². The largest absolute Gasteiger partial charge is 0.342 e. The number of nitrogens with zero attached hydrogens (tertiary/aromatic N) is 3. The Morgan fingerprint density at radius 2 is 1.73 bits per heavy atom. The Morgan fingerprint density at radius 1 is 1.09 bits per heavy atom. The summed E-state index contributed by atoms with van der Waals surface area (Å²) in [4.78, 5) is 14.3. The van der Waals surface area contributed by atoms with Crippen LogP contribution < -0.4 is 0 Å². The Kier molecular flexibility index (Phi) is 8.62. The number of thioether (sulfide) groups is 2. The number of carbonyl (C=O) groups excluding carboxylic acids is 1. The van der Waals surface area contributed by atoms with Crippen LogP contribution in [0.15, 0.2) is 8.68 Å². The van der Waals surface area contributed by atoms with Crippen molar-refractivity contribution in [3.63, 3.8) is 0 Å². The third-order valence-electron chi connectivity index (χ3n) is 3.64. The molecule has 0 aliphatic carbocycles. The first kappa shape index (κ1) is 18.1. The Balaban J connectivity index is 1.73. The van der Waals surface area contributed by atoms with Crippen LogP contribution in [0.3, 0.4) is 0 Å². The van der Waals surface area contributed by atoms with E-state index in [0.717, 1.165) is 40.4 Å². The van der Waals surface area contributed by atoms with Gasteiger partial charge in [0.05, 0.1) is 5.75 Å². The molecule has 1 aliphatic heterocycles. The van der Waals surface area contributed by atoms with Crippen LogP contribution >= 0.6 is 34.9 Å². The zero-order valence-electron chi connectivity index (χ0n) is 13.3. The molecule has 0 bridgehead atoms. The van der Waals surface area contributed by atoms with Crippen LogP contribution in [0.25, 0.3) is 0 Å². The van der Waals surface area contributed by atoms with Crippen LogP contribution in [-0.2, 0) is 4.79 Å². The fraction of sp³-hybridized carbons (Fsp3) is 0.800. The lowest BCUT2D eigenvalue weighted by Crippen LogP contribution is -2.35. The minimum atomic E-state index is 0.252. The number of hydrogen-bond acceptors (Lipinski definition) is 6. The summed E-state index contributed by atoms with van der Waals surface area (Å²) >= 11 is 4.92. The maximum Gasteiger partial charge on any atom is 0.233 e. The molecule has 0 N–H and O–H groups in total. The molecule has 1 amide bonds. The predicted octanol–water partition coefficient (Wildman–Crippen LogP) is 4.32. The van der Waals surface area contributed by atoms with E-state index in [1.165, 1.54) is 43.9 Å². The van der Waals surface area contributed by atoms with E-state index in [-0.39, 0.29) is 5.91 Å². The number of rotatable bonds is 7. The molecule has 22 heavy (non-hydrogen) atoms. The molecule has 124 valence electrons. The zero-order chi connectivity index (χ0) is 15.6. The van der Waals surface area contributed by atoms with Gasteiger partial charge in [-0.05, 0) is 19.3 Å². The highest BCUT2D eigenvalue weighted by molar-refractivity contribution is 8.03. The molecule has 1 aromatic rings. The monoisotopic (exact) mass is 359 g/mol. The van der Waals surface area contributed by atoms with Gasteiger partial charge >= 0.3 is 0 Å². The van der Waals surface area contributed by atoms with Gasteiger partial charge in [-0.3, -0.25) is 4.79 Å². The molecular weight excluding hydrogens is 334 g/mol. The number of likely N-dealkylation sites (tertiary alicyclic amines) is 1. The minimum Gasteiger partial charge on any atom is -0.342 e. The van der Waals surface area contributed by atoms with Crippen molar-refractivity contribution in [1.82, 2.24) is 15.1 Å². The van der Waals surface area contributed by atoms with Crippen molar-refractivity contribution >= 4 is 40.8 Å². The maximum absolute atomic E-state index is 12.3. The van der Waals surface area contributed by atoms with E-state index in [4.69, 9.17) is 0 Å². The molecule has 7 heteroatoms. The molecule has 0 saturated carbocycles. The first-order valence-electron chi connectivity index (χ1n) is 8.16. The molecule has 0 unspecified atom stereocenters. The fourth-order valence-electron chi connectivity index (χ4n) is 2.33. The van der Waals surface area contributed by atoms with Gasteiger partial charge in [0.25, 0.3) is 0 Å². The third-order valence-corrected chi connectivity index (χ3v) is 6.90. The SMILES string of the molecule is CCCCSc1nnc(SCC(=O)N2CCCCCCC2)s1. The zero-order valence-corrected chi connectivity index (χ0v) is 15.7. The summed E-state index contributed by atoms with van der Waals surface area (Å²) in [5, 5.41) is 8.38. The first-order valence-corrected chi connectivity index (χ1v) is 10.9. The van der Waals surface area contributed by atoms with E-state index < -0.39 is 0 Å². The van der Waals surface area contributed by atoms with Crippen molar-refractivity contribution in [2.24, 2.45) is 0 Å². The molecule has 0 aromatic carbocycles. The van der Waals surface area contributed by atoms with Gasteiger partial charge in [-0.1, -0.05) is 67.5 Å². The van der Waals surface area contributed by atoms with Crippen LogP contribution in [0, 0.1) is 0 Å². The Morgan fingerprint density at radius 3 is 2.41 bits per heavy atom. The highest BCUT2D eigenvalue weighted by Crippen LogP contribution is 2.29. The molecule has 4 nitrogen and oxygen atoms in total. The topological polar surface area (TPSA) is 46.1 Å². The van der Waals surface area contributed by atoms with Gasteiger partial charge in [0.2, 0.25) is 5.91 Å². The summed E-state index contributed by atoms with van der Waals surface area (Å²) < 4.78 is 1.94. The molecule has 2 rings (SSSR count). The van der Waals surface area contributed by atoms with E-state index in [9.17, 15) is 4.79 Å². The van der Waals surface area contributed by atoms with Crippen LogP contribution in [0.5, 0.6) is 0 Å². The lowest BCUT2D eigenvalue weighted by Gasteiger charge is -2.24. The molecule has 0 radical (unpaired) electrons. The molecule has 1 aromatic heterocycles. The lowest BCUT2D eigenvalue weighted by atomic mass is 10.1. The first-order chi connectivity index (χ1) is 10.8. The quantitative estimate of drug-likeness (QED) is 0.536. The van der Waals surface area contributed by atoms with Crippen LogP contribution in [-0.4, -0.2) is 45.6 Å². The number of amides is 1. The standard InChI is InChI=1S/C15H25N3OS3/c1-2-3-11-20-14-16-17-15(22-14)21-12-13(19)18-9-7-5-4-6-8-10-18/h2-12H2,1H3. The van der Waals surface area contributed by atoms with Crippen molar-refractivity contribution in [2.45, 2.75) is 60.5 Å². The summed E-state index contributed by atoms with van der Waals surface area (Å²) in [6.07, 6.45) is 8.54. The van der Waals surface area contributed by atoms with Gasteiger partial charge in [0, 0.05) is 18.8 Å². The smallest absolute Gasteiger partial charge is 0.233 e. The summed E-state index contributed by atoms with van der Waals surface area (Å²) in [6.45, 7) is 4.04. The van der Waals surface area contributed by atoms with Crippen molar-refractivity contribution < 1.29 is 4.79 Å². The average Bonchev–Trinajstić information content (AvgIpc) is 2.93. The number of aromatic nitrogens is 2. The fourth-order valence-corrected chi connectivity index (χ4v) is 5.41. The van der Waals surface area contributed by atoms with E-state index in [2.05, 4.69) is 17.1 Å². The third kappa shape index (κ3) is 6.46. The van der Waals surface area contributed by atoms with Crippen molar-refractivity contribution in [1.29, 1.82) is 0 Å². The Labute approximate surface area is 145 Å². The van der Waals surface area contributed by atoms with Crippen LogP contribution in [0.1, 0.15) is 51.9 Å². The molecule has 2 heterocycles. The van der Waals surface area contributed by atoms with E-state index in [0.29, 0.717) is 5.75 Å². The Hall–Kier alpha value is -0.270. The summed E-state index contributed by atoms with van der Waals surface area (Å²) in [5.74, 6) is 1.85. The number of hydrogen-bond donors (Lipinski definition) is 0. The highest BCUT2D eigenvalue weighted by atomic mass is 32.2. The lowest BCUT2D eigenvalue weighted by molar-refractivity contribution is -0.128. The average molecular weight is 360 g/mol. The second kappa shape index (κ2) is 10.5. The van der Waals surface area contributed by atoms with Crippen LogP contribution in [0.4, 0.5) is 0 Å². The molecule has 1 aliphatic rings. The second-order valence-electron chi connectivity index (χ2n) is 5.47. The number of unbranched alkanes of at least 4 members (excludes halogenated alkanes) is 1. The van der Waals surface area contributed by atoms with Gasteiger partial charge in [0.1, 0.15) is 0 Å². The van der Waals surface area contributed by atoms with E-state index in [1.807, 2.05) is 4.90 Å². The van der Waals surface area contributed by atoms with Gasteiger partial charge in [-0.2, -0.15) is 0 Å². The van der Waals surface area contributed by atoms with Gasteiger partial charge in [-0.25, -0.2) is 0 Å². The van der Waals surface area contributed by atoms with Crippen molar-refractivity contribution in [3.8, 4) is 0 Å². The van der Waals surface area contributed by atoms with Crippen molar-refractivity contribution in [2.75, 3.05) is 24.6 Å². The minimum absolute atomic E-state index is 0.252. The predicted molar refractivity (Wildman–Crippen MR) is 95.9 cm³/mol. The molecule has 1 fully saturated rings. The molecular formula is C15H25N3OS3. The summed E-state index contributed by atoms with van der Waals surface area (Å²) in [7, 11) is 0. The molecule has 1 saturated heterocycles. The van der Waals surface area contributed by atoms with Gasteiger partial charge in [0.15, 0.2) is 8.68 Å².